The van der Waals surface area contributed by atoms with Crippen molar-refractivity contribution in [3.05, 3.63) is 59.7 Å². The van der Waals surface area contributed by atoms with Crippen LogP contribution in [-0.2, 0) is 4.74 Å². The number of ether oxygens (including phenoxy) is 2. The van der Waals surface area contributed by atoms with Gasteiger partial charge in [-0.25, -0.2) is 4.79 Å². The Morgan fingerprint density at radius 1 is 1.09 bits per heavy atom. The van der Waals surface area contributed by atoms with Crippen molar-refractivity contribution in [2.24, 2.45) is 4.99 Å². The van der Waals surface area contributed by atoms with Gasteiger partial charge in [0.05, 0.1) is 25.0 Å². The van der Waals surface area contributed by atoms with Gasteiger partial charge in [-0.15, -0.1) is 0 Å². The van der Waals surface area contributed by atoms with Gasteiger partial charge in [-0.1, -0.05) is 6.92 Å². The van der Waals surface area contributed by atoms with Crippen molar-refractivity contribution in [2.75, 3.05) is 13.7 Å². The number of carbonyl (C=O) groups excluding carboxylic acids is 1. The standard InChI is InChI=1S/C18H19NO3/c1-3-12-22-18(20)15-6-8-16(9-7-15)19-13-14-4-10-17(21-2)11-5-14/h4-11,13H,3,12H2,1-2H3. The lowest BCUT2D eigenvalue weighted by atomic mass is 10.2. The Kier molecular flexibility index (Phi) is 5.72. The van der Waals surface area contributed by atoms with E-state index < -0.39 is 0 Å². The summed E-state index contributed by atoms with van der Waals surface area (Å²) in [6.07, 6.45) is 2.58. The Morgan fingerprint density at radius 3 is 2.36 bits per heavy atom. The second kappa shape index (κ2) is 7.98. The van der Waals surface area contributed by atoms with Crippen LogP contribution in [0.15, 0.2) is 53.5 Å². The maximum absolute atomic E-state index is 11.7. The smallest absolute Gasteiger partial charge is 0.338 e. The van der Waals surface area contributed by atoms with Crippen LogP contribution in [0, 0.1) is 0 Å². The summed E-state index contributed by atoms with van der Waals surface area (Å²) in [5.74, 6) is 0.514. The molecule has 0 aromatic heterocycles. The Bertz CT molecular complexity index is 630. The number of hydrogen-bond donors (Lipinski definition) is 0. The molecular weight excluding hydrogens is 278 g/mol. The number of nitrogens with zero attached hydrogens (tertiary/aromatic N) is 1. The van der Waals surface area contributed by atoms with Gasteiger partial charge in [0.1, 0.15) is 5.75 Å². The Hall–Kier alpha value is -2.62. The zero-order valence-electron chi connectivity index (χ0n) is 12.8. The Labute approximate surface area is 130 Å². The van der Waals surface area contributed by atoms with Crippen LogP contribution in [0.3, 0.4) is 0 Å². The molecule has 0 atom stereocenters. The molecule has 4 heteroatoms. The van der Waals surface area contributed by atoms with E-state index in [0.717, 1.165) is 23.4 Å². The van der Waals surface area contributed by atoms with E-state index in [9.17, 15) is 4.79 Å². The number of rotatable bonds is 6. The number of aliphatic imine (C=N–C) groups is 1. The summed E-state index contributed by atoms with van der Waals surface area (Å²) < 4.78 is 10.2. The molecule has 0 saturated carbocycles. The third kappa shape index (κ3) is 4.45. The maximum Gasteiger partial charge on any atom is 0.338 e. The molecule has 4 nitrogen and oxygen atoms in total. The first-order valence-electron chi connectivity index (χ1n) is 7.18. The van der Waals surface area contributed by atoms with Gasteiger partial charge in [0.25, 0.3) is 0 Å². The number of carbonyl (C=O) groups is 1. The highest BCUT2D eigenvalue weighted by atomic mass is 16.5. The van der Waals surface area contributed by atoms with Crippen LogP contribution in [0.2, 0.25) is 0 Å². The molecule has 22 heavy (non-hydrogen) atoms. The average molecular weight is 297 g/mol. The monoisotopic (exact) mass is 297 g/mol. The van der Waals surface area contributed by atoms with Crippen molar-refractivity contribution in [2.45, 2.75) is 13.3 Å². The van der Waals surface area contributed by atoms with E-state index in [0.29, 0.717) is 12.2 Å². The van der Waals surface area contributed by atoms with E-state index in [4.69, 9.17) is 9.47 Å². The van der Waals surface area contributed by atoms with Gasteiger partial charge in [0.2, 0.25) is 0 Å². The van der Waals surface area contributed by atoms with Crippen molar-refractivity contribution in [3.63, 3.8) is 0 Å². The lowest BCUT2D eigenvalue weighted by molar-refractivity contribution is 0.0505. The predicted octanol–water partition coefficient (Wildman–Crippen LogP) is 4.01. The second-order valence-corrected chi connectivity index (χ2v) is 4.71. The summed E-state index contributed by atoms with van der Waals surface area (Å²) in [5, 5.41) is 0. The fraction of sp³-hybridized carbons (Fsp3) is 0.222. The number of hydrogen-bond acceptors (Lipinski definition) is 4. The molecule has 0 aliphatic heterocycles. The quantitative estimate of drug-likeness (QED) is 0.598. The second-order valence-electron chi connectivity index (χ2n) is 4.71. The number of benzene rings is 2. The van der Waals surface area contributed by atoms with E-state index in [1.54, 1.807) is 37.6 Å². The summed E-state index contributed by atoms with van der Waals surface area (Å²) in [5.41, 5.74) is 2.30. The SMILES string of the molecule is CCCOC(=O)c1ccc(N=Cc2ccc(OC)cc2)cc1. The van der Waals surface area contributed by atoms with E-state index in [1.165, 1.54) is 0 Å². The summed E-state index contributed by atoms with van der Waals surface area (Å²) in [4.78, 5) is 16.1. The molecule has 0 N–H and O–H groups in total. The summed E-state index contributed by atoms with van der Waals surface area (Å²) in [6, 6.07) is 14.7. The lowest BCUT2D eigenvalue weighted by Gasteiger charge is -2.03. The number of esters is 1. The zero-order valence-corrected chi connectivity index (χ0v) is 12.8. The fourth-order valence-corrected chi connectivity index (χ4v) is 1.80. The molecule has 0 bridgehead atoms. The van der Waals surface area contributed by atoms with Gasteiger partial charge >= 0.3 is 5.97 Å². The zero-order chi connectivity index (χ0) is 15.8. The highest BCUT2D eigenvalue weighted by molar-refractivity contribution is 5.90. The molecule has 0 aliphatic carbocycles. The molecule has 2 aromatic rings. The molecule has 0 radical (unpaired) electrons. The molecule has 0 fully saturated rings. The van der Waals surface area contributed by atoms with Crippen molar-refractivity contribution in [1.82, 2.24) is 0 Å². The molecule has 0 saturated heterocycles. The summed E-state index contributed by atoms with van der Waals surface area (Å²) in [6.45, 7) is 2.40. The van der Waals surface area contributed by atoms with Gasteiger partial charge < -0.3 is 9.47 Å². The lowest BCUT2D eigenvalue weighted by Crippen LogP contribution is -2.05. The summed E-state index contributed by atoms with van der Waals surface area (Å²) >= 11 is 0. The van der Waals surface area contributed by atoms with Crippen LogP contribution in [0.1, 0.15) is 29.3 Å². The van der Waals surface area contributed by atoms with E-state index >= 15 is 0 Å². The highest BCUT2D eigenvalue weighted by Gasteiger charge is 2.05. The highest BCUT2D eigenvalue weighted by Crippen LogP contribution is 2.15. The molecule has 2 aromatic carbocycles. The molecular formula is C18H19NO3. The minimum Gasteiger partial charge on any atom is -0.497 e. The summed E-state index contributed by atoms with van der Waals surface area (Å²) in [7, 11) is 1.64. The van der Waals surface area contributed by atoms with Gasteiger partial charge in [0.15, 0.2) is 0 Å². The minimum absolute atomic E-state index is 0.299. The van der Waals surface area contributed by atoms with Crippen LogP contribution < -0.4 is 4.74 Å². The van der Waals surface area contributed by atoms with Crippen LogP contribution in [0.4, 0.5) is 5.69 Å². The van der Waals surface area contributed by atoms with Crippen LogP contribution in [0.5, 0.6) is 5.75 Å². The van der Waals surface area contributed by atoms with Crippen molar-refractivity contribution in [1.29, 1.82) is 0 Å². The largest absolute Gasteiger partial charge is 0.497 e. The van der Waals surface area contributed by atoms with Gasteiger partial charge in [0, 0.05) is 6.21 Å². The Morgan fingerprint density at radius 2 is 1.77 bits per heavy atom. The fourth-order valence-electron chi connectivity index (χ4n) is 1.80. The van der Waals surface area contributed by atoms with Gasteiger partial charge in [-0.2, -0.15) is 0 Å². The number of methoxy groups -OCH3 is 1. The topological polar surface area (TPSA) is 47.9 Å². The van der Waals surface area contributed by atoms with Crippen LogP contribution >= 0.6 is 0 Å². The van der Waals surface area contributed by atoms with Crippen molar-refractivity contribution >= 4 is 17.9 Å². The van der Waals surface area contributed by atoms with Crippen molar-refractivity contribution < 1.29 is 14.3 Å². The predicted molar refractivity (Wildman–Crippen MR) is 87.3 cm³/mol. The first-order chi connectivity index (χ1) is 10.7. The van der Waals surface area contributed by atoms with Gasteiger partial charge in [-0.05, 0) is 60.5 Å². The average Bonchev–Trinajstić information content (AvgIpc) is 2.58. The van der Waals surface area contributed by atoms with Crippen LogP contribution in [-0.4, -0.2) is 25.9 Å². The third-order valence-electron chi connectivity index (χ3n) is 3.02. The van der Waals surface area contributed by atoms with Gasteiger partial charge in [-0.3, -0.25) is 4.99 Å². The molecule has 2 rings (SSSR count). The van der Waals surface area contributed by atoms with E-state index in [2.05, 4.69) is 4.99 Å². The molecule has 114 valence electrons. The molecule has 0 amide bonds. The molecule has 0 heterocycles. The first kappa shape index (κ1) is 15.8. The molecule has 0 spiro atoms. The normalized spacial score (nSPS) is 10.6. The first-order valence-corrected chi connectivity index (χ1v) is 7.18. The van der Waals surface area contributed by atoms with Crippen LogP contribution in [0.25, 0.3) is 0 Å². The Balaban J connectivity index is 2.00. The third-order valence-corrected chi connectivity index (χ3v) is 3.02. The molecule has 0 unspecified atom stereocenters. The minimum atomic E-state index is -0.299. The van der Waals surface area contributed by atoms with E-state index in [1.807, 2.05) is 31.2 Å². The van der Waals surface area contributed by atoms with Crippen molar-refractivity contribution in [3.8, 4) is 5.75 Å². The maximum atomic E-state index is 11.7. The van der Waals surface area contributed by atoms with E-state index in [-0.39, 0.29) is 5.97 Å². The molecule has 0 aliphatic rings.